The van der Waals surface area contributed by atoms with Crippen LogP contribution in [0.25, 0.3) is 0 Å². The van der Waals surface area contributed by atoms with Gasteiger partial charge in [-0.3, -0.25) is 9.48 Å². The summed E-state index contributed by atoms with van der Waals surface area (Å²) in [6, 6.07) is 5.62. The van der Waals surface area contributed by atoms with E-state index < -0.39 is 0 Å². The highest BCUT2D eigenvalue weighted by atomic mass is 16.3. The molecule has 1 N–H and O–H groups in total. The van der Waals surface area contributed by atoms with Crippen LogP contribution in [0.4, 0.5) is 0 Å². The molecule has 0 saturated heterocycles. The number of hydrogen-bond acceptors (Lipinski definition) is 3. The maximum Gasteiger partial charge on any atom is 0.216 e. The van der Waals surface area contributed by atoms with Crippen molar-refractivity contribution >= 4 is 5.91 Å². The first-order valence-electron chi connectivity index (χ1n) is 5.88. The number of nitrogens with one attached hydrogen (secondary N) is 1. The summed E-state index contributed by atoms with van der Waals surface area (Å²) < 4.78 is 7.31. The monoisotopic (exact) mass is 247 g/mol. The molecule has 0 aliphatic rings. The van der Waals surface area contributed by atoms with Crippen molar-refractivity contribution in [3.63, 3.8) is 0 Å². The van der Waals surface area contributed by atoms with Crippen molar-refractivity contribution < 1.29 is 9.21 Å². The third-order valence-corrected chi connectivity index (χ3v) is 2.76. The number of hydrogen-bond donors (Lipinski definition) is 1. The third kappa shape index (κ3) is 2.61. The van der Waals surface area contributed by atoms with E-state index in [0.29, 0.717) is 6.54 Å². The SMILES string of the molecule is CC(=O)NCC(c1ccco1)n1nc(C)cc1C. The molecule has 18 heavy (non-hydrogen) atoms. The first-order chi connectivity index (χ1) is 8.58. The highest BCUT2D eigenvalue weighted by molar-refractivity contribution is 5.72. The van der Waals surface area contributed by atoms with Gasteiger partial charge in [-0.25, -0.2) is 0 Å². The molecule has 0 bridgehead atoms. The minimum Gasteiger partial charge on any atom is -0.467 e. The van der Waals surface area contributed by atoms with Crippen LogP contribution in [0.5, 0.6) is 0 Å². The largest absolute Gasteiger partial charge is 0.467 e. The first-order valence-corrected chi connectivity index (χ1v) is 5.88. The molecule has 2 aromatic heterocycles. The number of nitrogens with zero attached hydrogens (tertiary/aromatic N) is 2. The lowest BCUT2D eigenvalue weighted by molar-refractivity contribution is -0.119. The van der Waals surface area contributed by atoms with Crippen LogP contribution < -0.4 is 5.32 Å². The fourth-order valence-corrected chi connectivity index (χ4v) is 1.99. The minimum absolute atomic E-state index is 0.0620. The predicted octanol–water partition coefficient (Wildman–Crippen LogP) is 1.82. The molecule has 1 amide bonds. The van der Waals surface area contributed by atoms with Gasteiger partial charge in [0.2, 0.25) is 5.91 Å². The van der Waals surface area contributed by atoms with Gasteiger partial charge in [0, 0.05) is 19.2 Å². The fourth-order valence-electron chi connectivity index (χ4n) is 1.99. The van der Waals surface area contributed by atoms with E-state index in [0.717, 1.165) is 17.1 Å². The van der Waals surface area contributed by atoms with Crippen LogP contribution in [0.3, 0.4) is 0 Å². The highest BCUT2D eigenvalue weighted by Gasteiger charge is 2.19. The summed E-state index contributed by atoms with van der Waals surface area (Å²) in [4.78, 5) is 11.1. The number of aromatic nitrogens is 2. The summed E-state index contributed by atoms with van der Waals surface area (Å²) in [5.41, 5.74) is 1.99. The van der Waals surface area contributed by atoms with Crippen LogP contribution >= 0.6 is 0 Å². The van der Waals surface area contributed by atoms with Crippen molar-refractivity contribution in [3.8, 4) is 0 Å². The van der Waals surface area contributed by atoms with E-state index >= 15 is 0 Å². The molecule has 5 heteroatoms. The van der Waals surface area contributed by atoms with Gasteiger partial charge in [-0.05, 0) is 32.0 Å². The lowest BCUT2D eigenvalue weighted by Crippen LogP contribution is -2.30. The van der Waals surface area contributed by atoms with Crippen molar-refractivity contribution in [1.29, 1.82) is 0 Å². The van der Waals surface area contributed by atoms with Crippen LogP contribution in [0, 0.1) is 13.8 Å². The highest BCUT2D eigenvalue weighted by Crippen LogP contribution is 2.20. The Morgan fingerprint density at radius 1 is 1.56 bits per heavy atom. The fraction of sp³-hybridized carbons (Fsp3) is 0.385. The molecule has 2 aromatic rings. The molecule has 2 heterocycles. The smallest absolute Gasteiger partial charge is 0.216 e. The Morgan fingerprint density at radius 3 is 2.83 bits per heavy atom. The predicted molar refractivity (Wildman–Crippen MR) is 67.2 cm³/mol. The Labute approximate surface area is 106 Å². The van der Waals surface area contributed by atoms with Crippen LogP contribution in [0.2, 0.25) is 0 Å². The van der Waals surface area contributed by atoms with Crippen molar-refractivity contribution in [2.75, 3.05) is 6.54 Å². The number of furan rings is 1. The van der Waals surface area contributed by atoms with Gasteiger partial charge >= 0.3 is 0 Å². The van der Waals surface area contributed by atoms with E-state index in [-0.39, 0.29) is 11.9 Å². The molecule has 0 aliphatic heterocycles. The van der Waals surface area contributed by atoms with Gasteiger partial charge in [-0.1, -0.05) is 0 Å². The molecule has 0 aliphatic carbocycles. The molecule has 1 atom stereocenters. The molecule has 1 unspecified atom stereocenters. The lowest BCUT2D eigenvalue weighted by Gasteiger charge is -2.17. The summed E-state index contributed by atoms with van der Waals surface area (Å²) in [6.07, 6.45) is 1.63. The van der Waals surface area contributed by atoms with E-state index in [1.54, 1.807) is 6.26 Å². The summed E-state index contributed by atoms with van der Waals surface area (Å²) >= 11 is 0. The lowest BCUT2D eigenvalue weighted by atomic mass is 10.2. The zero-order valence-corrected chi connectivity index (χ0v) is 10.8. The van der Waals surface area contributed by atoms with Crippen molar-refractivity contribution in [2.24, 2.45) is 0 Å². The Kier molecular flexibility index (Phi) is 3.50. The van der Waals surface area contributed by atoms with Gasteiger partial charge in [-0.2, -0.15) is 5.10 Å². The van der Waals surface area contributed by atoms with E-state index in [9.17, 15) is 4.79 Å². The maximum atomic E-state index is 11.1. The Balaban J connectivity index is 2.30. The third-order valence-electron chi connectivity index (χ3n) is 2.76. The topological polar surface area (TPSA) is 60.1 Å². The number of carbonyl (C=O) groups is 1. The van der Waals surface area contributed by atoms with Gasteiger partial charge in [0.25, 0.3) is 0 Å². The first kappa shape index (κ1) is 12.4. The van der Waals surface area contributed by atoms with E-state index in [1.165, 1.54) is 6.92 Å². The van der Waals surface area contributed by atoms with Crippen molar-refractivity contribution in [2.45, 2.75) is 26.8 Å². The Bertz CT molecular complexity index is 528. The maximum absolute atomic E-state index is 11.1. The summed E-state index contributed by atoms with van der Waals surface area (Å²) in [5, 5.41) is 7.26. The molecular formula is C13H17N3O2. The summed E-state index contributed by atoms with van der Waals surface area (Å²) in [7, 11) is 0. The average molecular weight is 247 g/mol. The second-order valence-corrected chi connectivity index (χ2v) is 4.34. The second-order valence-electron chi connectivity index (χ2n) is 4.34. The zero-order chi connectivity index (χ0) is 13.1. The van der Waals surface area contributed by atoms with E-state index in [2.05, 4.69) is 10.4 Å². The van der Waals surface area contributed by atoms with E-state index in [4.69, 9.17) is 4.42 Å². The molecular weight excluding hydrogens is 230 g/mol. The Hall–Kier alpha value is -2.04. The Morgan fingerprint density at radius 2 is 2.33 bits per heavy atom. The number of amides is 1. The molecule has 2 rings (SSSR count). The van der Waals surface area contributed by atoms with E-state index in [1.807, 2.05) is 36.7 Å². The van der Waals surface area contributed by atoms with Crippen LogP contribution in [0.1, 0.15) is 30.1 Å². The molecule has 96 valence electrons. The standard InChI is InChI=1S/C13H17N3O2/c1-9-7-10(2)16(15-9)12(8-14-11(3)17)13-5-4-6-18-13/h4-7,12H,8H2,1-3H3,(H,14,17). The molecule has 0 radical (unpaired) electrons. The molecule has 0 spiro atoms. The zero-order valence-electron chi connectivity index (χ0n) is 10.8. The van der Waals surface area contributed by atoms with Crippen LogP contribution in [0.15, 0.2) is 28.9 Å². The van der Waals surface area contributed by atoms with Gasteiger partial charge in [0.15, 0.2) is 0 Å². The average Bonchev–Trinajstić information content (AvgIpc) is 2.90. The van der Waals surface area contributed by atoms with Gasteiger partial charge in [0.05, 0.1) is 12.0 Å². The summed E-state index contributed by atoms with van der Waals surface area (Å²) in [5.74, 6) is 0.725. The van der Waals surface area contributed by atoms with Crippen molar-refractivity contribution in [1.82, 2.24) is 15.1 Å². The van der Waals surface area contributed by atoms with Crippen LogP contribution in [-0.2, 0) is 4.79 Å². The second kappa shape index (κ2) is 5.08. The van der Waals surface area contributed by atoms with Crippen LogP contribution in [-0.4, -0.2) is 22.2 Å². The molecule has 0 aromatic carbocycles. The minimum atomic E-state index is -0.113. The number of carbonyl (C=O) groups excluding carboxylic acids is 1. The number of aryl methyl sites for hydroxylation is 2. The number of rotatable bonds is 4. The summed E-state index contributed by atoms with van der Waals surface area (Å²) in [6.45, 7) is 5.90. The molecule has 0 saturated carbocycles. The van der Waals surface area contributed by atoms with Gasteiger partial charge < -0.3 is 9.73 Å². The molecule has 5 nitrogen and oxygen atoms in total. The normalized spacial score (nSPS) is 12.4. The quantitative estimate of drug-likeness (QED) is 0.896. The van der Waals surface area contributed by atoms with Gasteiger partial charge in [0.1, 0.15) is 11.8 Å². The molecule has 0 fully saturated rings. The van der Waals surface area contributed by atoms with Crippen molar-refractivity contribution in [3.05, 3.63) is 41.6 Å². The van der Waals surface area contributed by atoms with Gasteiger partial charge in [-0.15, -0.1) is 0 Å².